The van der Waals surface area contributed by atoms with Crippen LogP contribution in [0.15, 0.2) is 182 Å². The summed E-state index contributed by atoms with van der Waals surface area (Å²) in [5.74, 6) is 0. The Morgan fingerprint density at radius 2 is 1.17 bits per heavy atom. The number of nitrogens with zero attached hydrogens (tertiary/aromatic N) is 2. The molecule has 0 spiro atoms. The van der Waals surface area contributed by atoms with Gasteiger partial charge in [-0.15, -0.1) is 0 Å². The predicted octanol–water partition coefficient (Wildman–Crippen LogP) is 12.3. The standard InChI is InChI=1S/C49H33N3/c50-27-26-40-37-14-6-7-15-38(37)42-30-35(21-22-39(40)42)52-45-17-9-8-16-41(45)43-28-32(19-23-46(43)52)33-20-24-47-44(29-33)49-36-13-5-4-10-31(36)18-25-48(49)51(47)34-11-2-1-3-12-34/h1-21,23-30H,22,50H2/b27-26-. The molecule has 0 saturated heterocycles. The van der Waals surface area contributed by atoms with Gasteiger partial charge in [0.2, 0.25) is 0 Å². The van der Waals surface area contributed by atoms with Gasteiger partial charge in [-0.05, 0) is 123 Å². The Hall–Kier alpha value is -6.84. The third-order valence-electron chi connectivity index (χ3n) is 11.2. The van der Waals surface area contributed by atoms with Crippen molar-refractivity contribution >= 4 is 71.2 Å². The van der Waals surface area contributed by atoms with Gasteiger partial charge in [-0.3, -0.25) is 0 Å². The summed E-state index contributed by atoms with van der Waals surface area (Å²) in [4.78, 5) is 0. The highest BCUT2D eigenvalue weighted by Crippen LogP contribution is 2.48. The number of nitrogens with two attached hydrogens (primary N) is 1. The summed E-state index contributed by atoms with van der Waals surface area (Å²) in [5.41, 5.74) is 21.9. The first-order valence-corrected chi connectivity index (χ1v) is 18.0. The van der Waals surface area contributed by atoms with Gasteiger partial charge in [-0.2, -0.15) is 0 Å². The third kappa shape index (κ3) is 4.08. The number of rotatable bonds is 4. The molecule has 2 N–H and O–H groups in total. The average molecular weight is 664 g/mol. The molecule has 0 aliphatic heterocycles. The first-order chi connectivity index (χ1) is 25.8. The molecule has 0 bridgehead atoms. The Kier molecular flexibility index (Phi) is 6.17. The zero-order valence-corrected chi connectivity index (χ0v) is 28.4. The molecule has 11 rings (SSSR count). The van der Waals surface area contributed by atoms with Crippen molar-refractivity contribution in [3.63, 3.8) is 0 Å². The highest BCUT2D eigenvalue weighted by molar-refractivity contribution is 6.22. The van der Waals surface area contributed by atoms with E-state index in [0.29, 0.717) is 0 Å². The summed E-state index contributed by atoms with van der Waals surface area (Å²) in [5, 5.41) is 7.60. The fourth-order valence-corrected chi connectivity index (χ4v) is 8.92. The van der Waals surface area contributed by atoms with E-state index in [1.54, 1.807) is 6.20 Å². The molecule has 3 nitrogen and oxygen atoms in total. The van der Waals surface area contributed by atoms with Crippen LogP contribution in [0.2, 0.25) is 0 Å². The van der Waals surface area contributed by atoms with E-state index in [4.69, 9.17) is 5.73 Å². The van der Waals surface area contributed by atoms with E-state index in [1.807, 2.05) is 0 Å². The van der Waals surface area contributed by atoms with Crippen molar-refractivity contribution < 1.29 is 0 Å². The molecule has 0 saturated carbocycles. The molecule has 0 atom stereocenters. The Bertz CT molecular complexity index is 3090. The lowest BCUT2D eigenvalue weighted by atomic mass is 9.94. The van der Waals surface area contributed by atoms with Gasteiger partial charge in [-0.25, -0.2) is 0 Å². The van der Waals surface area contributed by atoms with Crippen LogP contribution < -0.4 is 5.73 Å². The lowest BCUT2D eigenvalue weighted by Gasteiger charge is -2.17. The van der Waals surface area contributed by atoms with Crippen molar-refractivity contribution in [1.82, 2.24) is 9.13 Å². The molecular weight excluding hydrogens is 631 g/mol. The van der Waals surface area contributed by atoms with Crippen molar-refractivity contribution in [2.24, 2.45) is 5.73 Å². The third-order valence-corrected chi connectivity index (χ3v) is 11.2. The van der Waals surface area contributed by atoms with E-state index < -0.39 is 0 Å². The second-order valence-electron chi connectivity index (χ2n) is 13.9. The minimum absolute atomic E-state index is 0.854. The molecule has 2 aliphatic rings. The zero-order chi connectivity index (χ0) is 34.3. The monoisotopic (exact) mass is 663 g/mol. The van der Waals surface area contributed by atoms with Gasteiger partial charge in [0.1, 0.15) is 0 Å². The van der Waals surface area contributed by atoms with Gasteiger partial charge in [0.15, 0.2) is 0 Å². The maximum absolute atomic E-state index is 5.91. The van der Waals surface area contributed by atoms with E-state index in [-0.39, 0.29) is 0 Å². The quantitative estimate of drug-likeness (QED) is 0.200. The van der Waals surface area contributed by atoms with Crippen molar-refractivity contribution in [3.8, 4) is 16.8 Å². The number of aromatic nitrogens is 2. The molecule has 2 aliphatic carbocycles. The van der Waals surface area contributed by atoms with Crippen molar-refractivity contribution in [2.75, 3.05) is 0 Å². The molecule has 9 aromatic rings. The van der Waals surface area contributed by atoms with E-state index in [2.05, 4.69) is 179 Å². The van der Waals surface area contributed by atoms with Crippen LogP contribution in [0.25, 0.3) is 88.0 Å². The fourth-order valence-electron chi connectivity index (χ4n) is 8.92. The van der Waals surface area contributed by atoms with Crippen molar-refractivity contribution in [3.05, 3.63) is 193 Å². The van der Waals surface area contributed by atoms with Crippen LogP contribution in [0.5, 0.6) is 0 Å². The minimum Gasteiger partial charge on any atom is -0.405 e. The molecule has 2 heterocycles. The predicted molar refractivity (Wildman–Crippen MR) is 220 cm³/mol. The molecule has 0 fully saturated rings. The Morgan fingerprint density at radius 3 is 2.00 bits per heavy atom. The lowest BCUT2D eigenvalue weighted by molar-refractivity contribution is 1.18. The van der Waals surface area contributed by atoms with Crippen LogP contribution in [0.3, 0.4) is 0 Å². The van der Waals surface area contributed by atoms with E-state index in [0.717, 1.165) is 6.42 Å². The number of hydrogen-bond acceptors (Lipinski definition) is 1. The molecule has 0 amide bonds. The van der Waals surface area contributed by atoms with Crippen LogP contribution in [0.1, 0.15) is 17.5 Å². The van der Waals surface area contributed by atoms with E-state index in [1.165, 1.54) is 105 Å². The number of para-hydroxylation sites is 2. The molecule has 7 aromatic carbocycles. The molecule has 2 aromatic heterocycles. The van der Waals surface area contributed by atoms with Crippen LogP contribution in [0, 0.1) is 0 Å². The second kappa shape index (κ2) is 11.1. The number of fused-ring (bicyclic) bond motifs is 11. The first-order valence-electron chi connectivity index (χ1n) is 18.0. The van der Waals surface area contributed by atoms with Crippen LogP contribution >= 0.6 is 0 Å². The Morgan fingerprint density at radius 1 is 0.519 bits per heavy atom. The largest absolute Gasteiger partial charge is 0.405 e. The van der Waals surface area contributed by atoms with E-state index in [9.17, 15) is 0 Å². The number of benzene rings is 7. The topological polar surface area (TPSA) is 35.9 Å². The lowest BCUT2D eigenvalue weighted by Crippen LogP contribution is -2.00. The van der Waals surface area contributed by atoms with Gasteiger partial charge < -0.3 is 14.9 Å². The molecule has 244 valence electrons. The molecule has 0 unspecified atom stereocenters. The smallest absolute Gasteiger partial charge is 0.0547 e. The maximum atomic E-state index is 5.91. The minimum atomic E-state index is 0.854. The van der Waals surface area contributed by atoms with Gasteiger partial charge in [0.25, 0.3) is 0 Å². The summed E-state index contributed by atoms with van der Waals surface area (Å²) >= 11 is 0. The zero-order valence-electron chi connectivity index (χ0n) is 28.4. The number of allylic oxidation sites excluding steroid dienone is 7. The summed E-state index contributed by atoms with van der Waals surface area (Å²) in [6, 6.07) is 55.5. The van der Waals surface area contributed by atoms with Crippen LogP contribution in [0.4, 0.5) is 0 Å². The second-order valence-corrected chi connectivity index (χ2v) is 13.9. The van der Waals surface area contributed by atoms with Crippen LogP contribution in [-0.4, -0.2) is 9.13 Å². The highest BCUT2D eigenvalue weighted by Gasteiger charge is 2.27. The molecule has 0 radical (unpaired) electrons. The Labute approximate surface area is 301 Å². The van der Waals surface area contributed by atoms with Gasteiger partial charge in [0.05, 0.1) is 22.1 Å². The summed E-state index contributed by atoms with van der Waals surface area (Å²) in [6.45, 7) is 0. The number of hydrogen-bond donors (Lipinski definition) is 1. The van der Waals surface area contributed by atoms with Crippen molar-refractivity contribution in [1.29, 1.82) is 0 Å². The summed E-state index contributed by atoms with van der Waals surface area (Å²) < 4.78 is 4.85. The van der Waals surface area contributed by atoms with Gasteiger partial charge in [0, 0.05) is 32.9 Å². The maximum Gasteiger partial charge on any atom is 0.0547 e. The van der Waals surface area contributed by atoms with Crippen LogP contribution in [-0.2, 0) is 0 Å². The van der Waals surface area contributed by atoms with Crippen molar-refractivity contribution in [2.45, 2.75) is 6.42 Å². The van der Waals surface area contributed by atoms with Gasteiger partial charge >= 0.3 is 0 Å². The SMILES string of the molecule is N/C=C\C1=C2CC=C(n3c4ccccc4c4cc(-c5ccc6c(c5)c5c7ccccc7ccc5n6-c5ccccc5)ccc43)C=C2c2ccccc21. The van der Waals surface area contributed by atoms with Gasteiger partial charge in [-0.1, -0.05) is 109 Å². The normalized spacial score (nSPS) is 14.2. The highest BCUT2D eigenvalue weighted by atomic mass is 15.0. The van der Waals surface area contributed by atoms with E-state index >= 15 is 0 Å². The Balaban J connectivity index is 1.10. The average Bonchev–Trinajstić information content (AvgIpc) is 3.83. The fraction of sp³-hybridized carbons (Fsp3) is 0.0204. The first kappa shape index (κ1) is 28.9. The molecule has 52 heavy (non-hydrogen) atoms. The summed E-state index contributed by atoms with van der Waals surface area (Å²) in [7, 11) is 0. The molecular formula is C49H33N3. The molecule has 3 heteroatoms. The summed E-state index contributed by atoms with van der Waals surface area (Å²) in [6.07, 6.45) is 9.31.